The monoisotopic (exact) mass is 182 g/mol. The third-order valence-corrected chi connectivity index (χ3v) is 3.67. The zero-order chi connectivity index (χ0) is 9.47. The highest BCUT2D eigenvalue weighted by atomic mass is 15.2. The number of hydrogen-bond donors (Lipinski definition) is 1. The van der Waals surface area contributed by atoms with Crippen LogP contribution in [-0.4, -0.2) is 36.1 Å². The van der Waals surface area contributed by atoms with Crippen LogP contribution < -0.4 is 5.32 Å². The summed E-state index contributed by atoms with van der Waals surface area (Å²) in [6, 6.07) is 0.743. The molecule has 2 rings (SSSR count). The van der Waals surface area contributed by atoms with E-state index in [0.29, 0.717) is 5.54 Å². The second kappa shape index (κ2) is 3.25. The fourth-order valence-electron chi connectivity index (χ4n) is 2.29. The van der Waals surface area contributed by atoms with E-state index in [1.807, 2.05) is 0 Å². The molecule has 1 saturated carbocycles. The normalized spacial score (nSPS) is 38.1. The summed E-state index contributed by atoms with van der Waals surface area (Å²) in [4.78, 5) is 2.55. The van der Waals surface area contributed by atoms with Crippen LogP contribution in [0.2, 0.25) is 0 Å². The Morgan fingerprint density at radius 3 is 2.54 bits per heavy atom. The van der Waals surface area contributed by atoms with Gasteiger partial charge in [-0.15, -0.1) is 0 Å². The van der Waals surface area contributed by atoms with Crippen molar-refractivity contribution in [2.45, 2.75) is 45.2 Å². The summed E-state index contributed by atoms with van der Waals surface area (Å²) in [5.74, 6) is 0.831. The van der Waals surface area contributed by atoms with Gasteiger partial charge in [-0.1, -0.05) is 13.8 Å². The Morgan fingerprint density at radius 2 is 2.08 bits per heavy atom. The molecule has 0 aromatic carbocycles. The molecule has 0 aromatic heterocycles. The van der Waals surface area contributed by atoms with Gasteiger partial charge in [0.1, 0.15) is 0 Å². The number of rotatable bonds is 3. The van der Waals surface area contributed by atoms with Gasteiger partial charge in [-0.25, -0.2) is 0 Å². The van der Waals surface area contributed by atoms with Crippen LogP contribution in [0.3, 0.4) is 0 Å². The second-order valence-corrected chi connectivity index (χ2v) is 5.14. The maximum Gasteiger partial charge on any atom is 0.0237 e. The summed E-state index contributed by atoms with van der Waals surface area (Å²) in [5.41, 5.74) is 0.503. The summed E-state index contributed by atoms with van der Waals surface area (Å²) in [7, 11) is 0. The lowest BCUT2D eigenvalue weighted by molar-refractivity contribution is 0.337. The van der Waals surface area contributed by atoms with Crippen molar-refractivity contribution in [2.24, 2.45) is 5.92 Å². The number of nitrogens with one attached hydrogen (secondary N) is 1. The Kier molecular flexibility index (Phi) is 2.37. The number of hydrogen-bond acceptors (Lipinski definition) is 2. The molecule has 2 heteroatoms. The number of likely N-dealkylation sites (tertiary alicyclic amines) is 1. The molecule has 1 aliphatic carbocycles. The minimum atomic E-state index is 0.503. The smallest absolute Gasteiger partial charge is 0.0237 e. The van der Waals surface area contributed by atoms with E-state index in [-0.39, 0.29) is 0 Å². The van der Waals surface area contributed by atoms with Crippen molar-refractivity contribution < 1.29 is 0 Å². The Hall–Kier alpha value is -0.0800. The van der Waals surface area contributed by atoms with Crippen LogP contribution in [0.4, 0.5) is 0 Å². The summed E-state index contributed by atoms with van der Waals surface area (Å²) in [5, 5.41) is 3.80. The van der Waals surface area contributed by atoms with Gasteiger partial charge in [0.05, 0.1) is 0 Å². The van der Waals surface area contributed by atoms with Crippen LogP contribution in [0.15, 0.2) is 0 Å². The van der Waals surface area contributed by atoms with E-state index in [1.165, 1.54) is 32.5 Å². The molecule has 2 fully saturated rings. The largest absolute Gasteiger partial charge is 0.307 e. The first-order valence-electron chi connectivity index (χ1n) is 5.63. The van der Waals surface area contributed by atoms with Gasteiger partial charge in [0.2, 0.25) is 0 Å². The fraction of sp³-hybridized carbons (Fsp3) is 1.00. The predicted molar refractivity (Wildman–Crippen MR) is 55.8 cm³/mol. The highest BCUT2D eigenvalue weighted by Gasteiger charge is 2.41. The average Bonchev–Trinajstić information content (AvgIpc) is 2.70. The van der Waals surface area contributed by atoms with Crippen LogP contribution >= 0.6 is 0 Å². The van der Waals surface area contributed by atoms with Crippen molar-refractivity contribution in [1.29, 1.82) is 0 Å². The highest BCUT2D eigenvalue weighted by molar-refractivity contribution is 5.02. The Labute approximate surface area is 81.7 Å². The molecular formula is C11H22N2. The van der Waals surface area contributed by atoms with Crippen molar-refractivity contribution in [3.05, 3.63) is 0 Å². The molecule has 2 aliphatic rings. The summed E-state index contributed by atoms with van der Waals surface area (Å²) >= 11 is 0. The van der Waals surface area contributed by atoms with Crippen LogP contribution in [0.5, 0.6) is 0 Å². The van der Waals surface area contributed by atoms with Crippen molar-refractivity contribution in [3.63, 3.8) is 0 Å². The highest BCUT2D eigenvalue weighted by Crippen LogP contribution is 2.36. The summed E-state index contributed by atoms with van der Waals surface area (Å²) in [6.07, 6.45) is 2.75. The van der Waals surface area contributed by atoms with Gasteiger partial charge in [0.25, 0.3) is 0 Å². The van der Waals surface area contributed by atoms with Gasteiger partial charge < -0.3 is 10.2 Å². The topological polar surface area (TPSA) is 15.3 Å². The van der Waals surface area contributed by atoms with Crippen LogP contribution in [-0.2, 0) is 0 Å². The van der Waals surface area contributed by atoms with Crippen molar-refractivity contribution in [3.8, 4) is 0 Å². The van der Waals surface area contributed by atoms with Gasteiger partial charge in [-0.05, 0) is 32.2 Å². The molecule has 13 heavy (non-hydrogen) atoms. The zero-order valence-electron chi connectivity index (χ0n) is 9.14. The molecule has 0 radical (unpaired) electrons. The third kappa shape index (κ3) is 2.05. The van der Waals surface area contributed by atoms with Gasteiger partial charge in [0, 0.05) is 24.7 Å². The SMILES string of the molecule is CCN1CC(C)C(NC2(C)CC2)C1. The maximum absolute atomic E-state index is 3.80. The molecule has 0 amide bonds. The van der Waals surface area contributed by atoms with E-state index >= 15 is 0 Å². The molecule has 1 aliphatic heterocycles. The molecule has 76 valence electrons. The maximum atomic E-state index is 3.80. The van der Waals surface area contributed by atoms with E-state index in [0.717, 1.165) is 12.0 Å². The number of likely N-dealkylation sites (N-methyl/N-ethyl adjacent to an activating group) is 1. The summed E-state index contributed by atoms with van der Waals surface area (Å²) in [6.45, 7) is 10.7. The Morgan fingerprint density at radius 1 is 1.38 bits per heavy atom. The van der Waals surface area contributed by atoms with Crippen LogP contribution in [0, 0.1) is 5.92 Å². The van der Waals surface area contributed by atoms with E-state index in [2.05, 4.69) is 31.0 Å². The van der Waals surface area contributed by atoms with E-state index < -0.39 is 0 Å². The van der Waals surface area contributed by atoms with E-state index in [4.69, 9.17) is 0 Å². The standard InChI is InChI=1S/C11H22N2/c1-4-13-7-9(2)10(8-13)12-11(3)5-6-11/h9-10,12H,4-8H2,1-3H3. The molecule has 0 bridgehead atoms. The first-order chi connectivity index (χ1) is 6.13. The minimum absolute atomic E-state index is 0.503. The second-order valence-electron chi connectivity index (χ2n) is 5.14. The van der Waals surface area contributed by atoms with Crippen molar-refractivity contribution in [2.75, 3.05) is 19.6 Å². The quantitative estimate of drug-likeness (QED) is 0.711. The molecular weight excluding hydrogens is 160 g/mol. The van der Waals surface area contributed by atoms with Gasteiger partial charge >= 0.3 is 0 Å². The lowest BCUT2D eigenvalue weighted by Crippen LogP contribution is -2.42. The lowest BCUT2D eigenvalue weighted by Gasteiger charge is -2.21. The van der Waals surface area contributed by atoms with Crippen LogP contribution in [0.1, 0.15) is 33.6 Å². The van der Waals surface area contributed by atoms with E-state index in [1.54, 1.807) is 0 Å². The first kappa shape index (κ1) is 9.47. The molecule has 2 unspecified atom stereocenters. The Bertz CT molecular complexity index is 187. The first-order valence-corrected chi connectivity index (χ1v) is 5.63. The van der Waals surface area contributed by atoms with Gasteiger partial charge in [-0.2, -0.15) is 0 Å². The predicted octanol–water partition coefficient (Wildman–Crippen LogP) is 1.47. The van der Waals surface area contributed by atoms with Crippen LogP contribution in [0.25, 0.3) is 0 Å². The molecule has 2 atom stereocenters. The average molecular weight is 182 g/mol. The third-order valence-electron chi connectivity index (χ3n) is 3.67. The molecule has 0 spiro atoms. The van der Waals surface area contributed by atoms with Crippen molar-refractivity contribution in [1.82, 2.24) is 10.2 Å². The van der Waals surface area contributed by atoms with E-state index in [9.17, 15) is 0 Å². The molecule has 0 aromatic rings. The molecule has 1 heterocycles. The zero-order valence-corrected chi connectivity index (χ0v) is 9.14. The summed E-state index contributed by atoms with van der Waals surface area (Å²) < 4.78 is 0. The Balaban J connectivity index is 1.85. The molecule has 2 nitrogen and oxygen atoms in total. The molecule has 1 N–H and O–H groups in total. The van der Waals surface area contributed by atoms with Gasteiger partial charge in [0.15, 0.2) is 0 Å². The minimum Gasteiger partial charge on any atom is -0.307 e. The fourth-order valence-corrected chi connectivity index (χ4v) is 2.29. The molecule has 1 saturated heterocycles. The van der Waals surface area contributed by atoms with Crippen molar-refractivity contribution >= 4 is 0 Å². The van der Waals surface area contributed by atoms with Gasteiger partial charge in [-0.3, -0.25) is 0 Å². The lowest BCUT2D eigenvalue weighted by atomic mass is 10.1. The number of nitrogens with zero attached hydrogens (tertiary/aromatic N) is 1.